The third-order valence-electron chi connectivity index (χ3n) is 2.65. The molecule has 0 spiro atoms. The van der Waals surface area contributed by atoms with Crippen LogP contribution in [0.5, 0.6) is 5.75 Å². The summed E-state index contributed by atoms with van der Waals surface area (Å²) in [5.74, 6) is 0.495. The molecule has 4 heteroatoms. The fourth-order valence-corrected chi connectivity index (χ4v) is 1.55. The summed E-state index contributed by atoms with van der Waals surface area (Å²) in [5, 5.41) is 2.77. The normalized spacial score (nSPS) is 11.7. The molecule has 1 aromatic heterocycles. The van der Waals surface area contributed by atoms with E-state index in [2.05, 4.69) is 10.3 Å². The van der Waals surface area contributed by atoms with Gasteiger partial charge in [0.2, 0.25) is 0 Å². The zero-order chi connectivity index (χ0) is 13.7. The largest absolute Gasteiger partial charge is 0.481 e. The lowest BCUT2D eigenvalue weighted by Gasteiger charge is -2.14. The fraction of sp³-hybridized carbons (Fsp3) is 0.200. The van der Waals surface area contributed by atoms with Gasteiger partial charge in [0.25, 0.3) is 5.91 Å². The van der Waals surface area contributed by atoms with Gasteiger partial charge in [-0.15, -0.1) is 0 Å². The van der Waals surface area contributed by atoms with Crippen molar-refractivity contribution in [1.82, 2.24) is 4.98 Å². The first-order valence-electron chi connectivity index (χ1n) is 6.09. The molecule has 0 bridgehead atoms. The van der Waals surface area contributed by atoms with Crippen molar-refractivity contribution in [1.29, 1.82) is 0 Å². The number of hydrogen-bond donors (Lipinski definition) is 1. The Balaban J connectivity index is 1.94. The molecular formula is C15H16N2O2. The van der Waals surface area contributed by atoms with Gasteiger partial charge in [-0.05, 0) is 38.1 Å². The lowest BCUT2D eigenvalue weighted by molar-refractivity contribution is -0.122. The average molecular weight is 256 g/mol. The Hall–Kier alpha value is -2.36. The number of rotatable bonds is 4. The molecule has 0 aliphatic carbocycles. The Labute approximate surface area is 112 Å². The number of carbonyl (C=O) groups is 1. The number of pyridine rings is 1. The number of benzene rings is 1. The highest BCUT2D eigenvalue weighted by molar-refractivity contribution is 5.93. The van der Waals surface area contributed by atoms with Gasteiger partial charge in [-0.1, -0.05) is 17.7 Å². The first kappa shape index (κ1) is 13.1. The molecular weight excluding hydrogens is 240 g/mol. The second kappa shape index (κ2) is 6.00. The van der Waals surface area contributed by atoms with Crippen LogP contribution < -0.4 is 10.1 Å². The molecule has 0 unspecified atom stereocenters. The van der Waals surface area contributed by atoms with Gasteiger partial charge >= 0.3 is 0 Å². The highest BCUT2D eigenvalue weighted by Gasteiger charge is 2.14. The van der Waals surface area contributed by atoms with Gasteiger partial charge in [-0.3, -0.25) is 9.78 Å². The van der Waals surface area contributed by atoms with Crippen molar-refractivity contribution in [3.63, 3.8) is 0 Å². The predicted octanol–water partition coefficient (Wildman–Crippen LogP) is 2.80. The van der Waals surface area contributed by atoms with Crippen molar-refractivity contribution in [3.8, 4) is 5.75 Å². The topological polar surface area (TPSA) is 51.2 Å². The second-order valence-electron chi connectivity index (χ2n) is 4.30. The van der Waals surface area contributed by atoms with E-state index in [0.717, 1.165) is 5.56 Å². The standard InChI is InChI=1S/C15H16N2O2/c1-11-3-5-14(6-4-11)19-12(2)15(18)17-13-7-9-16-10-8-13/h3-10,12H,1-2H3,(H,16,17,18)/t12-/m0/s1. The minimum atomic E-state index is -0.559. The van der Waals surface area contributed by atoms with Crippen LogP contribution in [0.2, 0.25) is 0 Å². The highest BCUT2D eigenvalue weighted by Crippen LogP contribution is 2.14. The van der Waals surface area contributed by atoms with Crippen LogP contribution in [0.3, 0.4) is 0 Å². The lowest BCUT2D eigenvalue weighted by atomic mass is 10.2. The Morgan fingerprint density at radius 3 is 2.42 bits per heavy atom. The molecule has 1 heterocycles. The summed E-state index contributed by atoms with van der Waals surface area (Å²) in [4.78, 5) is 15.8. The summed E-state index contributed by atoms with van der Waals surface area (Å²) >= 11 is 0. The second-order valence-corrected chi connectivity index (χ2v) is 4.30. The molecule has 0 aliphatic heterocycles. The van der Waals surface area contributed by atoms with Crippen molar-refractivity contribution in [2.24, 2.45) is 0 Å². The zero-order valence-electron chi connectivity index (χ0n) is 11.0. The van der Waals surface area contributed by atoms with E-state index in [9.17, 15) is 4.79 Å². The van der Waals surface area contributed by atoms with Crippen LogP contribution in [0.4, 0.5) is 5.69 Å². The number of hydrogen-bond acceptors (Lipinski definition) is 3. The number of nitrogens with zero attached hydrogens (tertiary/aromatic N) is 1. The maximum Gasteiger partial charge on any atom is 0.265 e. The molecule has 1 amide bonds. The van der Waals surface area contributed by atoms with Crippen LogP contribution in [-0.2, 0) is 4.79 Å². The quantitative estimate of drug-likeness (QED) is 0.915. The number of amides is 1. The molecule has 19 heavy (non-hydrogen) atoms. The van der Waals surface area contributed by atoms with Crippen molar-refractivity contribution in [2.45, 2.75) is 20.0 Å². The molecule has 0 aliphatic rings. The van der Waals surface area contributed by atoms with E-state index in [-0.39, 0.29) is 5.91 Å². The van der Waals surface area contributed by atoms with Gasteiger partial charge in [0.1, 0.15) is 5.75 Å². The molecule has 0 fully saturated rings. The molecule has 98 valence electrons. The lowest BCUT2D eigenvalue weighted by Crippen LogP contribution is -2.30. The van der Waals surface area contributed by atoms with E-state index in [1.54, 1.807) is 31.5 Å². The number of nitrogens with one attached hydrogen (secondary N) is 1. The number of aryl methyl sites for hydroxylation is 1. The third kappa shape index (κ3) is 3.81. The first-order chi connectivity index (χ1) is 9.15. The van der Waals surface area contributed by atoms with Crippen LogP contribution in [0.25, 0.3) is 0 Å². The summed E-state index contributed by atoms with van der Waals surface area (Å²) in [5.41, 5.74) is 1.86. The highest BCUT2D eigenvalue weighted by atomic mass is 16.5. The number of carbonyl (C=O) groups excluding carboxylic acids is 1. The van der Waals surface area contributed by atoms with E-state index in [1.165, 1.54) is 0 Å². The molecule has 0 radical (unpaired) electrons. The van der Waals surface area contributed by atoms with Crippen LogP contribution in [0.15, 0.2) is 48.8 Å². The van der Waals surface area contributed by atoms with Gasteiger partial charge < -0.3 is 10.1 Å². The molecule has 1 N–H and O–H groups in total. The molecule has 1 aromatic carbocycles. The van der Waals surface area contributed by atoms with Gasteiger partial charge in [0, 0.05) is 18.1 Å². The molecule has 4 nitrogen and oxygen atoms in total. The van der Waals surface area contributed by atoms with Gasteiger partial charge in [-0.25, -0.2) is 0 Å². The zero-order valence-corrected chi connectivity index (χ0v) is 11.0. The minimum Gasteiger partial charge on any atom is -0.481 e. The van der Waals surface area contributed by atoms with Crippen LogP contribution in [0, 0.1) is 6.92 Å². The molecule has 2 aromatic rings. The summed E-state index contributed by atoms with van der Waals surface area (Å²) in [6, 6.07) is 11.1. The van der Waals surface area contributed by atoms with Gasteiger partial charge in [0.05, 0.1) is 0 Å². The van der Waals surface area contributed by atoms with Crippen LogP contribution in [-0.4, -0.2) is 17.0 Å². The minimum absolute atomic E-state index is 0.188. The fourth-order valence-electron chi connectivity index (χ4n) is 1.55. The van der Waals surface area contributed by atoms with E-state index in [4.69, 9.17) is 4.74 Å². The van der Waals surface area contributed by atoms with E-state index < -0.39 is 6.10 Å². The van der Waals surface area contributed by atoms with Crippen molar-refractivity contribution >= 4 is 11.6 Å². The molecule has 0 saturated carbocycles. The van der Waals surface area contributed by atoms with E-state index in [0.29, 0.717) is 11.4 Å². The predicted molar refractivity (Wildman–Crippen MR) is 74.1 cm³/mol. The first-order valence-corrected chi connectivity index (χ1v) is 6.09. The SMILES string of the molecule is Cc1ccc(O[C@@H](C)C(=O)Nc2ccncc2)cc1. The Morgan fingerprint density at radius 1 is 1.16 bits per heavy atom. The molecule has 0 saturated heterocycles. The summed E-state index contributed by atoms with van der Waals surface area (Å²) in [7, 11) is 0. The van der Waals surface area contributed by atoms with E-state index >= 15 is 0 Å². The summed E-state index contributed by atoms with van der Waals surface area (Å²) in [6.45, 7) is 3.72. The average Bonchev–Trinajstić information content (AvgIpc) is 2.42. The van der Waals surface area contributed by atoms with Gasteiger partial charge in [-0.2, -0.15) is 0 Å². The van der Waals surface area contributed by atoms with Crippen molar-refractivity contribution < 1.29 is 9.53 Å². The van der Waals surface area contributed by atoms with Crippen molar-refractivity contribution in [3.05, 3.63) is 54.4 Å². The Kier molecular flexibility index (Phi) is 4.13. The summed E-state index contributed by atoms with van der Waals surface area (Å²) in [6.07, 6.45) is 2.69. The monoisotopic (exact) mass is 256 g/mol. The van der Waals surface area contributed by atoms with Crippen LogP contribution >= 0.6 is 0 Å². The number of anilines is 1. The number of ether oxygens (including phenoxy) is 1. The van der Waals surface area contributed by atoms with Gasteiger partial charge in [0.15, 0.2) is 6.10 Å². The van der Waals surface area contributed by atoms with Crippen LogP contribution in [0.1, 0.15) is 12.5 Å². The summed E-state index contributed by atoms with van der Waals surface area (Å²) < 4.78 is 5.58. The smallest absolute Gasteiger partial charge is 0.265 e. The Morgan fingerprint density at radius 2 is 1.79 bits per heavy atom. The maximum absolute atomic E-state index is 11.9. The van der Waals surface area contributed by atoms with E-state index in [1.807, 2.05) is 31.2 Å². The Bertz CT molecular complexity index is 538. The molecule has 1 atom stereocenters. The van der Waals surface area contributed by atoms with Crippen molar-refractivity contribution in [2.75, 3.05) is 5.32 Å². The third-order valence-corrected chi connectivity index (χ3v) is 2.65. The maximum atomic E-state index is 11.9. The number of aromatic nitrogens is 1. The molecule has 2 rings (SSSR count).